The molecule has 3 rings (SSSR count). The number of amides is 1. The van der Waals surface area contributed by atoms with Gasteiger partial charge < -0.3 is 14.8 Å². The van der Waals surface area contributed by atoms with Crippen molar-refractivity contribution in [2.24, 2.45) is 0 Å². The van der Waals surface area contributed by atoms with Gasteiger partial charge in [0.1, 0.15) is 16.5 Å². The lowest BCUT2D eigenvalue weighted by Crippen LogP contribution is -2.13. The molecule has 0 fully saturated rings. The van der Waals surface area contributed by atoms with E-state index in [1.165, 1.54) is 11.3 Å². The third-order valence-electron chi connectivity index (χ3n) is 3.72. The van der Waals surface area contributed by atoms with Crippen molar-refractivity contribution in [1.82, 2.24) is 9.97 Å². The highest BCUT2D eigenvalue weighted by Crippen LogP contribution is 2.29. The zero-order valence-electron chi connectivity index (χ0n) is 14.6. The maximum absolute atomic E-state index is 12.3. The van der Waals surface area contributed by atoms with Gasteiger partial charge in [0.05, 0.1) is 31.3 Å². The molecule has 7 heteroatoms. The van der Waals surface area contributed by atoms with Crippen LogP contribution in [0.15, 0.2) is 48.0 Å². The van der Waals surface area contributed by atoms with E-state index < -0.39 is 0 Å². The molecule has 6 nitrogen and oxygen atoms in total. The van der Waals surface area contributed by atoms with Crippen molar-refractivity contribution in [2.45, 2.75) is 12.8 Å². The number of nitrogens with zero attached hydrogens (tertiary/aromatic N) is 2. The van der Waals surface area contributed by atoms with Gasteiger partial charge in [0.2, 0.25) is 5.91 Å². The monoisotopic (exact) mass is 369 g/mol. The van der Waals surface area contributed by atoms with E-state index in [9.17, 15) is 4.79 Å². The summed E-state index contributed by atoms with van der Waals surface area (Å²) in [7, 11) is 3.14. The highest BCUT2D eigenvalue weighted by molar-refractivity contribution is 7.13. The number of thiazole rings is 1. The number of pyridine rings is 1. The molecule has 0 radical (unpaired) electrons. The van der Waals surface area contributed by atoms with Gasteiger partial charge in [-0.2, -0.15) is 0 Å². The fraction of sp³-hybridized carbons (Fsp3) is 0.211. The number of rotatable bonds is 7. The number of methoxy groups -OCH3 is 2. The molecular weight excluding hydrogens is 350 g/mol. The van der Waals surface area contributed by atoms with Crippen LogP contribution in [0.3, 0.4) is 0 Å². The van der Waals surface area contributed by atoms with Crippen molar-refractivity contribution in [3.05, 3.63) is 53.7 Å². The molecule has 0 saturated heterocycles. The summed E-state index contributed by atoms with van der Waals surface area (Å²) in [4.78, 5) is 21.1. The summed E-state index contributed by atoms with van der Waals surface area (Å²) in [6.45, 7) is 0. The first-order valence-electron chi connectivity index (χ1n) is 8.07. The molecule has 0 aliphatic rings. The van der Waals surface area contributed by atoms with E-state index in [0.717, 1.165) is 16.4 Å². The van der Waals surface area contributed by atoms with E-state index in [2.05, 4.69) is 15.3 Å². The molecule has 1 amide bonds. The first-order chi connectivity index (χ1) is 12.7. The van der Waals surface area contributed by atoms with Gasteiger partial charge in [0.25, 0.3) is 0 Å². The second kappa shape index (κ2) is 8.44. The van der Waals surface area contributed by atoms with Crippen LogP contribution in [-0.4, -0.2) is 30.1 Å². The maximum atomic E-state index is 12.3. The highest BCUT2D eigenvalue weighted by Gasteiger charge is 2.11. The van der Waals surface area contributed by atoms with E-state index >= 15 is 0 Å². The van der Waals surface area contributed by atoms with Gasteiger partial charge in [-0.05, 0) is 30.7 Å². The first kappa shape index (κ1) is 17.9. The zero-order chi connectivity index (χ0) is 18.4. The standard InChI is InChI=1S/C19H19N3O3S/c1-24-14-7-8-17(25-2)16(11-14)22-18(23)9-6-13-12-26-19(21-13)15-5-3-4-10-20-15/h3-5,7-8,10-12H,6,9H2,1-2H3,(H,22,23). The first-order valence-corrected chi connectivity index (χ1v) is 8.95. The topological polar surface area (TPSA) is 73.3 Å². The van der Waals surface area contributed by atoms with Gasteiger partial charge in [0.15, 0.2) is 0 Å². The van der Waals surface area contributed by atoms with Gasteiger partial charge in [0, 0.05) is 24.1 Å². The Morgan fingerprint density at radius 1 is 1.19 bits per heavy atom. The number of aromatic nitrogens is 2. The smallest absolute Gasteiger partial charge is 0.224 e. The van der Waals surface area contributed by atoms with Crippen molar-refractivity contribution < 1.29 is 14.3 Å². The molecule has 26 heavy (non-hydrogen) atoms. The Balaban J connectivity index is 1.61. The van der Waals surface area contributed by atoms with E-state index in [-0.39, 0.29) is 5.91 Å². The predicted octanol–water partition coefficient (Wildman–Crippen LogP) is 3.79. The summed E-state index contributed by atoms with van der Waals surface area (Å²) in [5.41, 5.74) is 2.31. The van der Waals surface area contributed by atoms with Crippen molar-refractivity contribution >= 4 is 22.9 Å². The molecular formula is C19H19N3O3S. The Kier molecular flexibility index (Phi) is 5.80. The van der Waals surface area contributed by atoms with Crippen molar-refractivity contribution in [1.29, 1.82) is 0 Å². The highest BCUT2D eigenvalue weighted by atomic mass is 32.1. The molecule has 1 aromatic carbocycles. The summed E-state index contributed by atoms with van der Waals surface area (Å²) in [5, 5.41) is 5.68. The van der Waals surface area contributed by atoms with Crippen LogP contribution in [0.2, 0.25) is 0 Å². The fourth-order valence-corrected chi connectivity index (χ4v) is 3.22. The number of carbonyl (C=O) groups is 1. The van der Waals surface area contributed by atoms with Crippen LogP contribution < -0.4 is 14.8 Å². The maximum Gasteiger partial charge on any atom is 0.224 e. The van der Waals surface area contributed by atoms with Crippen LogP contribution in [0.25, 0.3) is 10.7 Å². The normalized spacial score (nSPS) is 10.4. The lowest BCUT2D eigenvalue weighted by atomic mass is 10.2. The van der Waals surface area contributed by atoms with E-state index in [1.54, 1.807) is 38.6 Å². The van der Waals surface area contributed by atoms with Crippen LogP contribution in [0.4, 0.5) is 5.69 Å². The van der Waals surface area contributed by atoms with Gasteiger partial charge >= 0.3 is 0 Å². The average molecular weight is 369 g/mol. The second-order valence-corrected chi connectivity index (χ2v) is 6.33. The van der Waals surface area contributed by atoms with Crippen LogP contribution >= 0.6 is 11.3 Å². The number of aryl methyl sites for hydroxylation is 1. The van der Waals surface area contributed by atoms with E-state index in [0.29, 0.717) is 30.0 Å². The molecule has 134 valence electrons. The summed E-state index contributed by atoms with van der Waals surface area (Å²) in [6.07, 6.45) is 2.62. The van der Waals surface area contributed by atoms with Crippen LogP contribution in [0.5, 0.6) is 11.5 Å². The molecule has 0 spiro atoms. The minimum absolute atomic E-state index is 0.107. The molecule has 0 aliphatic carbocycles. The Morgan fingerprint density at radius 2 is 2.08 bits per heavy atom. The predicted molar refractivity (Wildman–Crippen MR) is 102 cm³/mol. The number of anilines is 1. The number of benzene rings is 1. The summed E-state index contributed by atoms with van der Waals surface area (Å²) < 4.78 is 10.5. The summed E-state index contributed by atoms with van der Waals surface area (Å²) in [5.74, 6) is 1.13. The third kappa shape index (κ3) is 4.37. The molecule has 0 aliphatic heterocycles. The minimum Gasteiger partial charge on any atom is -0.497 e. The van der Waals surface area contributed by atoms with Gasteiger partial charge in [-0.25, -0.2) is 4.98 Å². The van der Waals surface area contributed by atoms with E-state index in [1.807, 2.05) is 23.6 Å². The van der Waals surface area contributed by atoms with Crippen molar-refractivity contribution in [3.8, 4) is 22.2 Å². The SMILES string of the molecule is COc1ccc(OC)c(NC(=O)CCc2csc(-c3ccccn3)n2)c1. The number of carbonyl (C=O) groups excluding carboxylic acids is 1. The third-order valence-corrected chi connectivity index (χ3v) is 4.64. The molecule has 3 aromatic rings. The number of ether oxygens (including phenoxy) is 2. The fourth-order valence-electron chi connectivity index (χ4n) is 2.39. The van der Waals surface area contributed by atoms with Gasteiger partial charge in [-0.3, -0.25) is 9.78 Å². The van der Waals surface area contributed by atoms with Gasteiger partial charge in [-0.15, -0.1) is 11.3 Å². The zero-order valence-corrected chi connectivity index (χ0v) is 15.4. The molecule has 2 aromatic heterocycles. The van der Waals surface area contributed by atoms with Crippen LogP contribution in [0.1, 0.15) is 12.1 Å². The largest absolute Gasteiger partial charge is 0.497 e. The average Bonchev–Trinajstić information content (AvgIpc) is 3.16. The Bertz CT molecular complexity index is 881. The number of nitrogens with one attached hydrogen (secondary N) is 1. The Labute approximate surface area is 155 Å². The van der Waals surface area contributed by atoms with Crippen molar-refractivity contribution in [3.63, 3.8) is 0 Å². The van der Waals surface area contributed by atoms with Crippen LogP contribution in [0, 0.1) is 0 Å². The van der Waals surface area contributed by atoms with Crippen LogP contribution in [-0.2, 0) is 11.2 Å². The lowest BCUT2D eigenvalue weighted by molar-refractivity contribution is -0.116. The van der Waals surface area contributed by atoms with Gasteiger partial charge in [-0.1, -0.05) is 6.07 Å². The van der Waals surface area contributed by atoms with Crippen molar-refractivity contribution in [2.75, 3.05) is 19.5 Å². The molecule has 2 heterocycles. The molecule has 0 unspecified atom stereocenters. The minimum atomic E-state index is -0.107. The molecule has 1 N–H and O–H groups in total. The Morgan fingerprint density at radius 3 is 2.81 bits per heavy atom. The quantitative estimate of drug-likeness (QED) is 0.686. The summed E-state index contributed by atoms with van der Waals surface area (Å²) >= 11 is 1.53. The number of hydrogen-bond donors (Lipinski definition) is 1. The number of hydrogen-bond acceptors (Lipinski definition) is 6. The second-order valence-electron chi connectivity index (χ2n) is 5.47. The lowest BCUT2D eigenvalue weighted by Gasteiger charge is -2.11. The summed E-state index contributed by atoms with van der Waals surface area (Å²) in [6, 6.07) is 11.0. The molecule has 0 saturated carbocycles. The molecule has 0 bridgehead atoms. The molecule has 0 atom stereocenters. The Hall–Kier alpha value is -2.93. The van der Waals surface area contributed by atoms with E-state index in [4.69, 9.17) is 9.47 Å².